The number of benzene rings is 2. The van der Waals surface area contributed by atoms with E-state index in [1.165, 1.54) is 20.4 Å². The molecule has 0 aromatic heterocycles. The number of hydrazone groups is 1. The first-order chi connectivity index (χ1) is 12.0. The monoisotopic (exact) mass is 362 g/mol. The Balaban J connectivity index is 2.15. The summed E-state index contributed by atoms with van der Waals surface area (Å²) in [6.45, 7) is 0. The van der Waals surface area contributed by atoms with Crippen LogP contribution in [-0.2, 0) is 4.74 Å². The number of amides is 1. The van der Waals surface area contributed by atoms with E-state index in [0.29, 0.717) is 16.3 Å². The fraction of sp³-hybridized carbons (Fsp3) is 0.118. The quantitative estimate of drug-likeness (QED) is 0.382. The van der Waals surface area contributed by atoms with E-state index in [2.05, 4.69) is 15.3 Å². The molecule has 0 fully saturated rings. The van der Waals surface area contributed by atoms with Gasteiger partial charge < -0.3 is 14.2 Å². The van der Waals surface area contributed by atoms with Crippen LogP contribution in [0.15, 0.2) is 47.6 Å². The maximum atomic E-state index is 12.2. The second-order valence-electron chi connectivity index (χ2n) is 4.64. The van der Waals surface area contributed by atoms with Gasteiger partial charge in [-0.1, -0.05) is 23.7 Å². The minimum Gasteiger partial charge on any atom is -0.493 e. The number of carbonyl (C=O) groups excluding carboxylic acids is 2. The number of nitrogens with one attached hydrogen (secondary N) is 1. The lowest BCUT2D eigenvalue weighted by molar-refractivity contribution is 0.0730. The molecule has 8 heteroatoms. The third-order valence-electron chi connectivity index (χ3n) is 3.04. The molecule has 2 aromatic carbocycles. The van der Waals surface area contributed by atoms with E-state index in [1.807, 2.05) is 0 Å². The summed E-state index contributed by atoms with van der Waals surface area (Å²) >= 11 is 5.98. The number of ether oxygens (including phenoxy) is 3. The third-order valence-corrected chi connectivity index (χ3v) is 3.37. The van der Waals surface area contributed by atoms with Gasteiger partial charge in [0.25, 0.3) is 0 Å². The number of esters is 1. The average Bonchev–Trinajstić information content (AvgIpc) is 2.62. The van der Waals surface area contributed by atoms with E-state index >= 15 is 0 Å². The van der Waals surface area contributed by atoms with Gasteiger partial charge in [0.15, 0.2) is 11.5 Å². The van der Waals surface area contributed by atoms with Gasteiger partial charge in [-0.2, -0.15) is 5.10 Å². The molecule has 0 radical (unpaired) electrons. The zero-order valence-electron chi connectivity index (χ0n) is 13.5. The molecular formula is C17H15ClN2O5. The lowest BCUT2D eigenvalue weighted by atomic mass is 10.2. The summed E-state index contributed by atoms with van der Waals surface area (Å²) in [7, 11) is 2.67. The Bertz CT molecular complexity index is 807. The van der Waals surface area contributed by atoms with Crippen molar-refractivity contribution in [2.75, 3.05) is 14.2 Å². The normalized spacial score (nSPS) is 10.4. The predicted molar refractivity (Wildman–Crippen MR) is 92.5 cm³/mol. The highest BCUT2D eigenvalue weighted by molar-refractivity contribution is 6.33. The summed E-state index contributed by atoms with van der Waals surface area (Å²) < 4.78 is 14.9. The first-order valence-electron chi connectivity index (χ1n) is 7.07. The number of nitrogens with zero attached hydrogens (tertiary/aromatic N) is 1. The van der Waals surface area contributed by atoms with Crippen LogP contribution in [0.5, 0.6) is 11.5 Å². The van der Waals surface area contributed by atoms with Crippen LogP contribution < -0.4 is 14.9 Å². The molecule has 1 amide bonds. The molecule has 0 heterocycles. The number of methoxy groups -OCH3 is 2. The fourth-order valence-corrected chi connectivity index (χ4v) is 2.05. The molecule has 0 bridgehead atoms. The summed E-state index contributed by atoms with van der Waals surface area (Å²) in [6.07, 6.45) is 0.701. The molecule has 0 atom stereocenters. The highest BCUT2D eigenvalue weighted by Gasteiger charge is 2.15. The molecule has 0 unspecified atom stereocenters. The van der Waals surface area contributed by atoms with Crippen molar-refractivity contribution in [3.63, 3.8) is 0 Å². The van der Waals surface area contributed by atoms with Crippen molar-refractivity contribution in [2.45, 2.75) is 0 Å². The van der Waals surface area contributed by atoms with Gasteiger partial charge in [-0.15, -0.1) is 0 Å². The number of hydrogen-bond donors (Lipinski definition) is 1. The summed E-state index contributed by atoms with van der Waals surface area (Å²) in [5.74, 6) is -0.0504. The molecule has 2 aromatic rings. The molecule has 25 heavy (non-hydrogen) atoms. The zero-order chi connectivity index (χ0) is 18.2. The molecule has 0 saturated carbocycles. The smallest absolute Gasteiger partial charge is 0.427 e. The zero-order valence-corrected chi connectivity index (χ0v) is 14.2. The Kier molecular flexibility index (Phi) is 6.36. The Morgan fingerprint density at radius 3 is 2.56 bits per heavy atom. The first-order valence-corrected chi connectivity index (χ1v) is 7.44. The van der Waals surface area contributed by atoms with Gasteiger partial charge >= 0.3 is 12.1 Å². The van der Waals surface area contributed by atoms with E-state index < -0.39 is 12.1 Å². The van der Waals surface area contributed by atoms with Gasteiger partial charge in [-0.05, 0) is 35.9 Å². The SMILES string of the molecule is COC(=O)NN=Cc1ccc(OC(=O)c2ccccc2Cl)c(OC)c1. The average molecular weight is 363 g/mol. The van der Waals surface area contributed by atoms with Crippen LogP contribution in [0.2, 0.25) is 5.02 Å². The number of hydrogen-bond acceptors (Lipinski definition) is 6. The van der Waals surface area contributed by atoms with E-state index in [0.717, 1.165) is 0 Å². The first kappa shape index (κ1) is 18.3. The van der Waals surface area contributed by atoms with Crippen molar-refractivity contribution in [1.82, 2.24) is 5.43 Å². The molecule has 7 nitrogen and oxygen atoms in total. The lowest BCUT2D eigenvalue weighted by Crippen LogP contribution is -2.16. The van der Waals surface area contributed by atoms with Gasteiger partial charge in [0.05, 0.1) is 31.0 Å². The highest BCUT2D eigenvalue weighted by atomic mass is 35.5. The second kappa shape index (κ2) is 8.70. The summed E-state index contributed by atoms with van der Waals surface area (Å²) in [5, 5.41) is 4.00. The maximum absolute atomic E-state index is 12.2. The van der Waals surface area contributed by atoms with Crippen molar-refractivity contribution >= 4 is 29.9 Å². The predicted octanol–water partition coefficient (Wildman–Crippen LogP) is 3.26. The topological polar surface area (TPSA) is 86.2 Å². The van der Waals surface area contributed by atoms with Crippen LogP contribution in [0.4, 0.5) is 4.79 Å². The lowest BCUT2D eigenvalue weighted by Gasteiger charge is -2.10. The minimum atomic E-state index is -0.687. The number of rotatable bonds is 5. The van der Waals surface area contributed by atoms with Gasteiger partial charge in [-0.3, -0.25) is 0 Å². The molecule has 130 valence electrons. The van der Waals surface area contributed by atoms with Crippen LogP contribution >= 0.6 is 11.6 Å². The van der Waals surface area contributed by atoms with Gasteiger partial charge in [0, 0.05) is 0 Å². The Morgan fingerprint density at radius 2 is 1.88 bits per heavy atom. The Hall–Kier alpha value is -3.06. The Labute approximate surface area is 149 Å². The van der Waals surface area contributed by atoms with E-state index in [9.17, 15) is 9.59 Å². The molecule has 0 aliphatic heterocycles. The second-order valence-corrected chi connectivity index (χ2v) is 5.05. The summed E-state index contributed by atoms with van der Waals surface area (Å²) in [5.41, 5.74) is 3.03. The fourth-order valence-electron chi connectivity index (χ4n) is 1.84. The van der Waals surface area contributed by atoms with Crippen LogP contribution in [-0.4, -0.2) is 32.5 Å². The molecular weight excluding hydrogens is 348 g/mol. The summed E-state index contributed by atoms with van der Waals surface area (Å²) in [6, 6.07) is 11.4. The van der Waals surface area contributed by atoms with Crippen molar-refractivity contribution in [3.05, 3.63) is 58.6 Å². The van der Waals surface area contributed by atoms with Crippen molar-refractivity contribution in [2.24, 2.45) is 5.10 Å². The Morgan fingerprint density at radius 1 is 1.12 bits per heavy atom. The maximum Gasteiger partial charge on any atom is 0.427 e. The molecule has 0 saturated heterocycles. The van der Waals surface area contributed by atoms with Crippen LogP contribution in [0.25, 0.3) is 0 Å². The highest BCUT2D eigenvalue weighted by Crippen LogP contribution is 2.29. The molecule has 0 aliphatic carbocycles. The van der Waals surface area contributed by atoms with E-state index in [4.69, 9.17) is 21.1 Å². The number of carbonyl (C=O) groups is 2. The van der Waals surface area contributed by atoms with Crippen molar-refractivity contribution in [1.29, 1.82) is 0 Å². The van der Waals surface area contributed by atoms with Crippen LogP contribution in [0.3, 0.4) is 0 Å². The van der Waals surface area contributed by atoms with Crippen LogP contribution in [0, 0.1) is 0 Å². The molecule has 0 aliphatic rings. The van der Waals surface area contributed by atoms with Gasteiger partial charge in [0.1, 0.15) is 0 Å². The van der Waals surface area contributed by atoms with E-state index in [1.54, 1.807) is 42.5 Å². The minimum absolute atomic E-state index is 0.227. The van der Waals surface area contributed by atoms with Crippen LogP contribution in [0.1, 0.15) is 15.9 Å². The van der Waals surface area contributed by atoms with E-state index in [-0.39, 0.29) is 11.3 Å². The molecule has 1 N–H and O–H groups in total. The van der Waals surface area contributed by atoms with Gasteiger partial charge in [-0.25, -0.2) is 15.0 Å². The largest absolute Gasteiger partial charge is 0.493 e. The summed E-state index contributed by atoms with van der Waals surface area (Å²) in [4.78, 5) is 23.1. The third kappa shape index (κ3) is 4.95. The molecule has 0 spiro atoms. The van der Waals surface area contributed by atoms with Crippen molar-refractivity contribution < 1.29 is 23.8 Å². The molecule has 2 rings (SSSR count). The van der Waals surface area contributed by atoms with Crippen molar-refractivity contribution in [3.8, 4) is 11.5 Å². The number of halogens is 1. The standard InChI is InChI=1S/C17H15ClN2O5/c1-23-15-9-11(10-19-20-17(22)24-2)7-8-14(15)25-16(21)12-5-3-4-6-13(12)18/h3-10H,1-2H3,(H,20,22). The van der Waals surface area contributed by atoms with Gasteiger partial charge in [0.2, 0.25) is 0 Å².